The van der Waals surface area contributed by atoms with Crippen molar-refractivity contribution in [2.45, 2.75) is 19.4 Å². The molecule has 0 saturated carbocycles. The molecule has 0 radical (unpaired) electrons. The van der Waals surface area contributed by atoms with Crippen LogP contribution in [0.15, 0.2) is 60.7 Å². The van der Waals surface area contributed by atoms with Gasteiger partial charge in [-0.1, -0.05) is 67.6 Å². The number of carbonyl (C=O) groups is 2. The van der Waals surface area contributed by atoms with Crippen LogP contribution >= 0.6 is 0 Å². The van der Waals surface area contributed by atoms with Crippen molar-refractivity contribution in [3.63, 3.8) is 0 Å². The van der Waals surface area contributed by atoms with E-state index >= 15 is 0 Å². The first-order chi connectivity index (χ1) is 11.4. The van der Waals surface area contributed by atoms with Crippen molar-refractivity contribution >= 4 is 11.9 Å². The molecule has 5 heteroatoms. The Balaban J connectivity index is 0.000000413. The quantitative estimate of drug-likeness (QED) is 0.824. The van der Waals surface area contributed by atoms with Gasteiger partial charge >= 0.3 is 11.9 Å². The van der Waals surface area contributed by atoms with Crippen LogP contribution in [0.5, 0.6) is 0 Å². The van der Waals surface area contributed by atoms with Gasteiger partial charge in [-0.25, -0.2) is 9.59 Å². The molecular formula is C19H23NO4. The SMILES string of the molecule is CC(CN(C)Cc1ccccc1)c1ccccc1.O=C(O)C(=O)O. The van der Waals surface area contributed by atoms with Gasteiger partial charge in [-0.2, -0.15) is 0 Å². The van der Waals surface area contributed by atoms with E-state index in [4.69, 9.17) is 19.8 Å². The number of carboxylic acid groups (broad SMARTS) is 2. The summed E-state index contributed by atoms with van der Waals surface area (Å²) in [6.45, 7) is 4.38. The average Bonchev–Trinajstić information content (AvgIpc) is 2.57. The Morgan fingerprint density at radius 2 is 1.38 bits per heavy atom. The van der Waals surface area contributed by atoms with Crippen LogP contribution in [0.3, 0.4) is 0 Å². The number of carboxylic acids is 2. The summed E-state index contributed by atoms with van der Waals surface area (Å²) < 4.78 is 0. The van der Waals surface area contributed by atoms with Gasteiger partial charge in [0.15, 0.2) is 0 Å². The molecule has 1 unspecified atom stereocenters. The lowest BCUT2D eigenvalue weighted by atomic mass is 10.0. The number of rotatable bonds is 5. The summed E-state index contributed by atoms with van der Waals surface area (Å²) in [5.74, 6) is -3.08. The molecule has 0 aliphatic carbocycles. The Hall–Kier alpha value is -2.66. The molecule has 0 saturated heterocycles. The van der Waals surface area contributed by atoms with E-state index in [1.165, 1.54) is 11.1 Å². The molecular weight excluding hydrogens is 306 g/mol. The van der Waals surface area contributed by atoms with Gasteiger partial charge in [-0.15, -0.1) is 0 Å². The summed E-state index contributed by atoms with van der Waals surface area (Å²) in [7, 11) is 2.19. The summed E-state index contributed by atoms with van der Waals surface area (Å²) in [6, 6.07) is 21.4. The molecule has 0 fully saturated rings. The molecule has 0 aliphatic heterocycles. The summed E-state index contributed by atoms with van der Waals surface area (Å²) >= 11 is 0. The van der Waals surface area contributed by atoms with Crippen molar-refractivity contribution in [1.29, 1.82) is 0 Å². The zero-order chi connectivity index (χ0) is 17.9. The zero-order valence-corrected chi connectivity index (χ0v) is 13.9. The molecule has 0 amide bonds. The Morgan fingerprint density at radius 3 is 1.83 bits per heavy atom. The highest BCUT2D eigenvalue weighted by Crippen LogP contribution is 2.16. The third kappa shape index (κ3) is 7.56. The lowest BCUT2D eigenvalue weighted by Gasteiger charge is -2.21. The fourth-order valence-electron chi connectivity index (χ4n) is 2.31. The molecule has 2 rings (SSSR count). The lowest BCUT2D eigenvalue weighted by molar-refractivity contribution is -0.159. The van der Waals surface area contributed by atoms with Crippen LogP contribution in [0.4, 0.5) is 0 Å². The highest BCUT2D eigenvalue weighted by molar-refractivity contribution is 6.27. The van der Waals surface area contributed by atoms with Crippen LogP contribution in [-0.2, 0) is 16.1 Å². The largest absolute Gasteiger partial charge is 0.473 e. The van der Waals surface area contributed by atoms with Gasteiger partial charge in [0.25, 0.3) is 0 Å². The minimum Gasteiger partial charge on any atom is -0.473 e. The molecule has 0 aromatic heterocycles. The Labute approximate surface area is 142 Å². The topological polar surface area (TPSA) is 77.8 Å². The van der Waals surface area contributed by atoms with Crippen molar-refractivity contribution in [1.82, 2.24) is 4.90 Å². The van der Waals surface area contributed by atoms with Gasteiger partial charge < -0.3 is 15.1 Å². The molecule has 2 N–H and O–H groups in total. The van der Waals surface area contributed by atoms with E-state index in [1.54, 1.807) is 0 Å². The summed E-state index contributed by atoms with van der Waals surface area (Å²) in [4.78, 5) is 20.6. The second kappa shape index (κ2) is 10.2. The fraction of sp³-hybridized carbons (Fsp3) is 0.263. The van der Waals surface area contributed by atoms with Crippen molar-refractivity contribution in [2.75, 3.05) is 13.6 Å². The first-order valence-corrected chi connectivity index (χ1v) is 7.63. The van der Waals surface area contributed by atoms with Crippen molar-refractivity contribution in [3.05, 3.63) is 71.8 Å². The molecule has 24 heavy (non-hydrogen) atoms. The fourth-order valence-corrected chi connectivity index (χ4v) is 2.31. The molecule has 5 nitrogen and oxygen atoms in total. The Bertz CT molecular complexity index is 616. The van der Waals surface area contributed by atoms with E-state index in [2.05, 4.69) is 79.5 Å². The number of benzene rings is 2. The first kappa shape index (κ1) is 19.4. The van der Waals surface area contributed by atoms with Gasteiger partial charge in [0, 0.05) is 13.1 Å². The third-order valence-corrected chi connectivity index (χ3v) is 3.43. The molecule has 128 valence electrons. The number of likely N-dealkylation sites (N-methyl/N-ethyl adjacent to an activating group) is 1. The monoisotopic (exact) mass is 329 g/mol. The zero-order valence-electron chi connectivity index (χ0n) is 13.9. The molecule has 0 bridgehead atoms. The molecule has 0 heterocycles. The molecule has 2 aromatic carbocycles. The van der Waals surface area contributed by atoms with E-state index in [0.717, 1.165) is 13.1 Å². The number of aliphatic carboxylic acids is 2. The van der Waals surface area contributed by atoms with Crippen molar-refractivity contribution < 1.29 is 19.8 Å². The summed E-state index contributed by atoms with van der Waals surface area (Å²) in [6.07, 6.45) is 0. The maximum Gasteiger partial charge on any atom is 0.414 e. The summed E-state index contributed by atoms with van der Waals surface area (Å²) in [5, 5.41) is 14.8. The van der Waals surface area contributed by atoms with Gasteiger partial charge in [-0.3, -0.25) is 0 Å². The van der Waals surface area contributed by atoms with Crippen LogP contribution in [0.25, 0.3) is 0 Å². The molecule has 1 atom stereocenters. The van der Waals surface area contributed by atoms with Crippen LogP contribution in [0, 0.1) is 0 Å². The standard InChI is InChI=1S/C17H21N.C2H2O4/c1-15(17-11-7-4-8-12-17)13-18(2)14-16-9-5-3-6-10-16;3-1(4)2(5)6/h3-12,15H,13-14H2,1-2H3;(H,3,4)(H,5,6). The smallest absolute Gasteiger partial charge is 0.414 e. The van der Waals surface area contributed by atoms with Crippen molar-refractivity contribution in [3.8, 4) is 0 Å². The Morgan fingerprint density at radius 1 is 0.917 bits per heavy atom. The van der Waals surface area contributed by atoms with E-state index in [-0.39, 0.29) is 0 Å². The van der Waals surface area contributed by atoms with Crippen LogP contribution < -0.4 is 0 Å². The normalized spacial score (nSPS) is 11.3. The van der Waals surface area contributed by atoms with Gasteiger partial charge in [0.05, 0.1) is 0 Å². The highest BCUT2D eigenvalue weighted by Gasteiger charge is 2.08. The number of hydrogen-bond acceptors (Lipinski definition) is 3. The maximum absolute atomic E-state index is 9.10. The minimum atomic E-state index is -1.82. The lowest BCUT2D eigenvalue weighted by Crippen LogP contribution is -2.23. The summed E-state index contributed by atoms with van der Waals surface area (Å²) in [5.41, 5.74) is 2.79. The van der Waals surface area contributed by atoms with E-state index < -0.39 is 11.9 Å². The number of nitrogens with zero attached hydrogens (tertiary/aromatic N) is 1. The van der Waals surface area contributed by atoms with Crippen LogP contribution in [0.2, 0.25) is 0 Å². The predicted octanol–water partition coefficient (Wildman–Crippen LogP) is 3.08. The first-order valence-electron chi connectivity index (χ1n) is 7.63. The van der Waals surface area contributed by atoms with Crippen LogP contribution in [0.1, 0.15) is 24.0 Å². The highest BCUT2D eigenvalue weighted by atomic mass is 16.4. The Kier molecular flexibility index (Phi) is 8.22. The minimum absolute atomic E-state index is 0.569. The number of hydrogen-bond donors (Lipinski definition) is 2. The van der Waals surface area contributed by atoms with Crippen molar-refractivity contribution in [2.24, 2.45) is 0 Å². The molecule has 2 aromatic rings. The van der Waals surface area contributed by atoms with Gasteiger partial charge in [-0.05, 0) is 24.1 Å². The molecule has 0 spiro atoms. The van der Waals surface area contributed by atoms with E-state index in [0.29, 0.717) is 5.92 Å². The van der Waals surface area contributed by atoms with Crippen LogP contribution in [-0.4, -0.2) is 40.6 Å². The van der Waals surface area contributed by atoms with Gasteiger partial charge in [0.1, 0.15) is 0 Å². The third-order valence-electron chi connectivity index (χ3n) is 3.43. The second-order valence-corrected chi connectivity index (χ2v) is 5.60. The van der Waals surface area contributed by atoms with Gasteiger partial charge in [0.2, 0.25) is 0 Å². The second-order valence-electron chi connectivity index (χ2n) is 5.60. The maximum atomic E-state index is 9.10. The van der Waals surface area contributed by atoms with E-state index in [9.17, 15) is 0 Å². The predicted molar refractivity (Wildman–Crippen MR) is 92.9 cm³/mol. The molecule has 0 aliphatic rings. The van der Waals surface area contributed by atoms with E-state index in [1.807, 2.05) is 0 Å². The average molecular weight is 329 g/mol.